The van der Waals surface area contributed by atoms with Crippen LogP contribution in [0.5, 0.6) is 0 Å². The Labute approximate surface area is 304 Å². The van der Waals surface area contributed by atoms with Gasteiger partial charge in [0, 0.05) is 21.5 Å². The third kappa shape index (κ3) is 6.79. The van der Waals surface area contributed by atoms with Gasteiger partial charge in [0.2, 0.25) is 0 Å². The van der Waals surface area contributed by atoms with Crippen LogP contribution in [0.25, 0.3) is 21.2 Å². The molecule has 0 unspecified atom stereocenters. The lowest BCUT2D eigenvalue weighted by molar-refractivity contribution is 0.0682. The SMILES string of the molecule is CCC/C=C(/NC(=NCC(=S)/C=C(/C)N)c1c(C)c(CC)c(-c2ccc(F)c3sc(N)c(C#N)c23)c2c1COC2)OCC12CCCN1CCC2. The van der Waals surface area contributed by atoms with Crippen LogP contribution < -0.4 is 16.8 Å². The molecule has 2 saturated heterocycles. The molecule has 11 heteroatoms. The summed E-state index contributed by atoms with van der Waals surface area (Å²) in [4.78, 5) is 8.35. The molecule has 4 heterocycles. The molecule has 50 heavy (non-hydrogen) atoms. The van der Waals surface area contributed by atoms with Crippen molar-refractivity contribution < 1.29 is 13.9 Å². The van der Waals surface area contributed by atoms with Gasteiger partial charge in [0.15, 0.2) is 5.88 Å². The zero-order valence-corrected chi connectivity index (χ0v) is 31.1. The quantitative estimate of drug-likeness (QED) is 0.0569. The summed E-state index contributed by atoms with van der Waals surface area (Å²) in [7, 11) is 0. The number of benzene rings is 2. The zero-order chi connectivity index (χ0) is 35.6. The highest BCUT2D eigenvalue weighted by Gasteiger charge is 2.45. The highest BCUT2D eigenvalue weighted by molar-refractivity contribution is 7.80. The lowest BCUT2D eigenvalue weighted by Gasteiger charge is -2.32. The fourth-order valence-corrected chi connectivity index (χ4v) is 9.27. The Morgan fingerprint density at radius 1 is 1.24 bits per heavy atom. The summed E-state index contributed by atoms with van der Waals surface area (Å²) in [5.41, 5.74) is 20.1. The molecule has 1 aromatic heterocycles. The number of hydrogen-bond acceptors (Lipinski definition) is 9. The van der Waals surface area contributed by atoms with Gasteiger partial charge < -0.3 is 26.3 Å². The summed E-state index contributed by atoms with van der Waals surface area (Å²) in [6.07, 6.45) is 11.1. The van der Waals surface area contributed by atoms with Gasteiger partial charge in [-0.2, -0.15) is 5.26 Å². The third-order valence-corrected chi connectivity index (χ3v) is 11.6. The molecule has 0 atom stereocenters. The van der Waals surface area contributed by atoms with Crippen molar-refractivity contribution in [1.82, 2.24) is 10.2 Å². The molecule has 0 radical (unpaired) electrons. The standard InChI is InChI=1S/C39H47FN6O2S2/c1-5-7-10-32(48-22-39-13-8-15-46(39)16-9-14-39)45-38(44-19-25(49)17-23(3)42)33-24(4)26(6-2)34(30-21-47-20-29(30)33)27-11-12-31(40)36-35(27)28(18-41)37(43)50-36/h10-12,17H,5-9,13-16,19-22,42-43H2,1-4H3,(H,44,45)/b23-17-,32-10-. The highest BCUT2D eigenvalue weighted by Crippen LogP contribution is 2.46. The van der Waals surface area contributed by atoms with E-state index >= 15 is 4.39 Å². The molecular weight excluding hydrogens is 668 g/mol. The largest absolute Gasteiger partial charge is 0.477 e. The second kappa shape index (κ2) is 15.2. The number of unbranched alkanes of at least 4 members (excludes halogenated alkanes) is 1. The number of nitrogens with one attached hydrogen (secondary N) is 1. The van der Waals surface area contributed by atoms with Gasteiger partial charge in [-0.15, -0.1) is 11.3 Å². The van der Waals surface area contributed by atoms with Crippen LogP contribution in [0.2, 0.25) is 0 Å². The van der Waals surface area contributed by atoms with Crippen molar-refractivity contribution in [2.24, 2.45) is 10.7 Å². The van der Waals surface area contributed by atoms with Crippen molar-refractivity contribution in [3.8, 4) is 17.2 Å². The minimum Gasteiger partial charge on any atom is -0.477 e. The molecule has 3 aliphatic heterocycles. The number of nitriles is 1. The van der Waals surface area contributed by atoms with E-state index in [-0.39, 0.29) is 17.9 Å². The van der Waals surface area contributed by atoms with Crippen LogP contribution in [-0.2, 0) is 29.1 Å². The van der Waals surface area contributed by atoms with E-state index in [4.69, 9.17) is 38.2 Å². The Kier molecular flexibility index (Phi) is 10.9. The fraction of sp³-hybridized carbons (Fsp3) is 0.462. The van der Waals surface area contributed by atoms with E-state index in [0.29, 0.717) is 69.2 Å². The number of thiocarbonyl (C=S) groups is 1. The number of allylic oxidation sites excluding steroid dienone is 2. The van der Waals surface area contributed by atoms with Crippen LogP contribution in [0.4, 0.5) is 9.39 Å². The number of hydrogen-bond donors (Lipinski definition) is 3. The van der Waals surface area contributed by atoms with Crippen molar-refractivity contribution in [2.75, 3.05) is 32.0 Å². The van der Waals surface area contributed by atoms with E-state index < -0.39 is 0 Å². The van der Waals surface area contributed by atoms with Crippen LogP contribution in [0, 0.1) is 24.1 Å². The van der Waals surface area contributed by atoms with E-state index in [0.717, 1.165) is 89.1 Å². The molecule has 0 amide bonds. The number of nitrogen functional groups attached to an aromatic ring is 1. The Morgan fingerprint density at radius 3 is 2.66 bits per heavy atom. The van der Waals surface area contributed by atoms with E-state index in [2.05, 4.69) is 43.1 Å². The number of rotatable bonds is 12. The molecule has 3 aliphatic rings. The van der Waals surface area contributed by atoms with Crippen molar-refractivity contribution in [1.29, 1.82) is 5.26 Å². The molecule has 0 aliphatic carbocycles. The number of nitrogens with zero attached hydrogens (tertiary/aromatic N) is 3. The van der Waals surface area contributed by atoms with E-state index in [9.17, 15) is 5.26 Å². The number of halogens is 1. The molecule has 0 saturated carbocycles. The van der Waals surface area contributed by atoms with Crippen molar-refractivity contribution in [3.05, 3.63) is 75.1 Å². The van der Waals surface area contributed by atoms with E-state index in [1.807, 2.05) is 6.92 Å². The van der Waals surface area contributed by atoms with Gasteiger partial charge in [-0.1, -0.05) is 38.6 Å². The monoisotopic (exact) mass is 714 g/mol. The predicted octanol–water partition coefficient (Wildman–Crippen LogP) is 7.92. The maximum absolute atomic E-state index is 15.1. The summed E-state index contributed by atoms with van der Waals surface area (Å²) in [5.74, 6) is 0.964. The number of ether oxygens (including phenoxy) is 2. The van der Waals surface area contributed by atoms with E-state index in [1.165, 1.54) is 18.9 Å². The molecule has 3 aromatic rings. The second-order valence-electron chi connectivity index (χ2n) is 13.6. The van der Waals surface area contributed by atoms with Crippen molar-refractivity contribution in [2.45, 2.75) is 91.4 Å². The van der Waals surface area contributed by atoms with Gasteiger partial charge in [0.1, 0.15) is 29.3 Å². The first-order chi connectivity index (χ1) is 24.1. The molecule has 2 fully saturated rings. The number of anilines is 1. The summed E-state index contributed by atoms with van der Waals surface area (Å²) < 4.78 is 28.4. The minimum atomic E-state index is -0.387. The molecule has 264 valence electrons. The minimum absolute atomic E-state index is 0.0885. The van der Waals surface area contributed by atoms with Gasteiger partial charge in [-0.25, -0.2) is 4.39 Å². The van der Waals surface area contributed by atoms with Crippen LogP contribution in [0.3, 0.4) is 0 Å². The summed E-state index contributed by atoms with van der Waals surface area (Å²) in [5, 5.41) is 14.6. The maximum atomic E-state index is 15.1. The number of thiophene rings is 1. The van der Waals surface area contributed by atoms with Crippen molar-refractivity contribution >= 4 is 49.3 Å². The Balaban J connectivity index is 1.49. The first kappa shape index (κ1) is 36.0. The summed E-state index contributed by atoms with van der Waals surface area (Å²) in [6, 6.07) is 5.49. The predicted molar refractivity (Wildman–Crippen MR) is 206 cm³/mol. The van der Waals surface area contributed by atoms with Crippen LogP contribution in [-0.4, -0.2) is 47.4 Å². The Hall–Kier alpha value is -3.82. The molecule has 8 nitrogen and oxygen atoms in total. The van der Waals surface area contributed by atoms with Crippen LogP contribution in [0.15, 0.2) is 40.9 Å². The molecular formula is C39H47FN6O2S2. The first-order valence-corrected chi connectivity index (χ1v) is 18.9. The average Bonchev–Trinajstić information content (AvgIpc) is 3.87. The summed E-state index contributed by atoms with van der Waals surface area (Å²) >= 11 is 6.78. The second-order valence-corrected chi connectivity index (χ2v) is 15.2. The summed E-state index contributed by atoms with van der Waals surface area (Å²) in [6.45, 7) is 12.1. The van der Waals surface area contributed by atoms with Crippen LogP contribution in [0.1, 0.15) is 92.7 Å². The number of fused-ring (bicyclic) bond motifs is 3. The molecule has 6 rings (SSSR count). The van der Waals surface area contributed by atoms with Gasteiger partial charge >= 0.3 is 0 Å². The topological polar surface area (TPSA) is 122 Å². The Morgan fingerprint density at radius 2 is 1.98 bits per heavy atom. The molecule has 5 N–H and O–H groups in total. The molecule has 0 spiro atoms. The number of nitrogens with two attached hydrogens (primary N) is 2. The molecule has 0 bridgehead atoms. The first-order valence-electron chi connectivity index (χ1n) is 17.6. The van der Waals surface area contributed by atoms with Gasteiger partial charge in [0.25, 0.3) is 0 Å². The van der Waals surface area contributed by atoms with Gasteiger partial charge in [-0.3, -0.25) is 9.89 Å². The Bertz CT molecular complexity index is 1940. The smallest absolute Gasteiger partial charge is 0.188 e. The molecule has 2 aromatic carbocycles. The number of aliphatic imine (C=N–C) groups is 1. The highest BCUT2D eigenvalue weighted by atomic mass is 32.1. The van der Waals surface area contributed by atoms with Crippen LogP contribution >= 0.6 is 23.6 Å². The van der Waals surface area contributed by atoms with Crippen molar-refractivity contribution in [3.63, 3.8) is 0 Å². The van der Waals surface area contributed by atoms with E-state index in [1.54, 1.807) is 12.1 Å². The van der Waals surface area contributed by atoms with Gasteiger partial charge in [0.05, 0.1) is 35.6 Å². The van der Waals surface area contributed by atoms with Gasteiger partial charge in [-0.05, 0) is 117 Å². The normalized spacial score (nSPS) is 17.6. The lowest BCUT2D eigenvalue weighted by atomic mass is 9.82. The zero-order valence-electron chi connectivity index (χ0n) is 29.5. The fourth-order valence-electron chi connectivity index (χ4n) is 8.07. The maximum Gasteiger partial charge on any atom is 0.188 e. The lowest BCUT2D eigenvalue weighted by Crippen LogP contribution is -2.43. The average molecular weight is 715 g/mol. The number of amidine groups is 1. The third-order valence-electron chi connectivity index (χ3n) is 10.3.